The highest BCUT2D eigenvalue weighted by molar-refractivity contribution is 4.60. The van der Waals surface area contributed by atoms with Gasteiger partial charge in [-0.15, -0.1) is 0 Å². The Labute approximate surface area is 76.3 Å². The van der Waals surface area contributed by atoms with Crippen molar-refractivity contribution in [1.29, 1.82) is 0 Å². The molecule has 0 rings (SSSR count). The van der Waals surface area contributed by atoms with Gasteiger partial charge >= 0.3 is 0 Å². The molecule has 0 radical (unpaired) electrons. The van der Waals surface area contributed by atoms with Gasteiger partial charge in [0.1, 0.15) is 0 Å². The molecule has 0 heterocycles. The van der Waals surface area contributed by atoms with Crippen molar-refractivity contribution in [2.24, 2.45) is 5.41 Å². The Hall–Kier alpha value is -0.0800. The third kappa shape index (κ3) is 9.92. The van der Waals surface area contributed by atoms with Gasteiger partial charge in [0, 0.05) is 13.7 Å². The Morgan fingerprint density at radius 2 is 1.67 bits per heavy atom. The fourth-order valence-corrected chi connectivity index (χ4v) is 0.949. The van der Waals surface area contributed by atoms with Crippen molar-refractivity contribution in [1.82, 2.24) is 0 Å². The smallest absolute Gasteiger partial charge is 0.0700 e. The minimum absolute atomic E-state index is 0.435. The predicted octanol–water partition coefficient (Wildman–Crippen LogP) is 2.48. The van der Waals surface area contributed by atoms with Crippen molar-refractivity contribution >= 4 is 0 Å². The van der Waals surface area contributed by atoms with Crippen molar-refractivity contribution in [3.63, 3.8) is 0 Å². The summed E-state index contributed by atoms with van der Waals surface area (Å²) < 4.78 is 10.2. The molecule has 0 aliphatic carbocycles. The van der Waals surface area contributed by atoms with Crippen molar-refractivity contribution in [2.75, 3.05) is 26.9 Å². The molecule has 0 spiro atoms. The summed E-state index contributed by atoms with van der Waals surface area (Å²) in [6, 6.07) is 0. The molecule has 0 fully saturated rings. The third-order valence-corrected chi connectivity index (χ3v) is 1.65. The summed E-state index contributed by atoms with van der Waals surface area (Å²) in [5.41, 5.74) is 0.435. The van der Waals surface area contributed by atoms with Gasteiger partial charge in [0.25, 0.3) is 0 Å². The maximum atomic E-state index is 5.34. The molecule has 0 aromatic heterocycles. The van der Waals surface area contributed by atoms with Gasteiger partial charge in [-0.2, -0.15) is 0 Å². The minimum Gasteiger partial charge on any atom is -0.382 e. The fraction of sp³-hybridized carbons (Fsp3) is 1.00. The Morgan fingerprint density at radius 1 is 1.00 bits per heavy atom. The van der Waals surface area contributed by atoms with E-state index in [1.165, 1.54) is 6.42 Å². The van der Waals surface area contributed by atoms with Crippen molar-refractivity contribution < 1.29 is 9.47 Å². The zero-order valence-electron chi connectivity index (χ0n) is 8.85. The maximum absolute atomic E-state index is 5.34. The van der Waals surface area contributed by atoms with E-state index in [0.29, 0.717) is 12.0 Å². The predicted molar refractivity (Wildman–Crippen MR) is 51.4 cm³/mol. The van der Waals surface area contributed by atoms with Gasteiger partial charge in [0.2, 0.25) is 0 Å². The van der Waals surface area contributed by atoms with Crippen LogP contribution in [0.5, 0.6) is 0 Å². The molecule has 0 aliphatic heterocycles. The maximum Gasteiger partial charge on any atom is 0.0700 e. The average Bonchev–Trinajstić information content (AvgIpc) is 1.94. The summed E-state index contributed by atoms with van der Waals surface area (Å²) in [4.78, 5) is 0. The third-order valence-electron chi connectivity index (χ3n) is 1.65. The van der Waals surface area contributed by atoms with Crippen LogP contribution in [-0.4, -0.2) is 26.9 Å². The summed E-state index contributed by atoms with van der Waals surface area (Å²) in [5, 5.41) is 0. The first-order chi connectivity index (χ1) is 5.56. The van der Waals surface area contributed by atoms with Crippen LogP contribution in [0.3, 0.4) is 0 Å². The number of ether oxygens (including phenoxy) is 2. The standard InChI is InChI=1S/C10H22O2/c1-10(2,3)6-5-7-12-9-8-11-4/h5-9H2,1-4H3. The summed E-state index contributed by atoms with van der Waals surface area (Å²) in [5.74, 6) is 0. The van der Waals surface area contributed by atoms with Crippen LogP contribution in [0.15, 0.2) is 0 Å². The molecule has 0 saturated carbocycles. The van der Waals surface area contributed by atoms with Crippen molar-refractivity contribution in [3.05, 3.63) is 0 Å². The zero-order chi connectivity index (χ0) is 9.45. The van der Waals surface area contributed by atoms with Gasteiger partial charge in [-0.1, -0.05) is 20.8 Å². The van der Waals surface area contributed by atoms with Crippen LogP contribution < -0.4 is 0 Å². The second kappa shape index (κ2) is 6.44. The van der Waals surface area contributed by atoms with Crippen LogP contribution in [0.1, 0.15) is 33.6 Å². The van der Waals surface area contributed by atoms with Crippen LogP contribution in [0.2, 0.25) is 0 Å². The molecule has 0 atom stereocenters. The lowest BCUT2D eigenvalue weighted by Crippen LogP contribution is -2.08. The lowest BCUT2D eigenvalue weighted by Gasteiger charge is -2.17. The van der Waals surface area contributed by atoms with Gasteiger partial charge < -0.3 is 9.47 Å². The molecule has 2 heteroatoms. The lowest BCUT2D eigenvalue weighted by molar-refractivity contribution is 0.0655. The van der Waals surface area contributed by atoms with E-state index < -0.39 is 0 Å². The molecule has 74 valence electrons. The van der Waals surface area contributed by atoms with E-state index in [1.54, 1.807) is 7.11 Å². The molecule has 0 bridgehead atoms. The number of hydrogen-bond acceptors (Lipinski definition) is 2. The van der Waals surface area contributed by atoms with Crippen LogP contribution in [-0.2, 0) is 9.47 Å². The number of rotatable bonds is 6. The lowest BCUT2D eigenvalue weighted by atomic mass is 9.91. The summed E-state index contributed by atoms with van der Waals surface area (Å²) in [6.45, 7) is 9.04. The van der Waals surface area contributed by atoms with E-state index in [9.17, 15) is 0 Å². The van der Waals surface area contributed by atoms with E-state index in [-0.39, 0.29) is 0 Å². The first kappa shape index (κ1) is 11.9. The van der Waals surface area contributed by atoms with Crippen molar-refractivity contribution in [3.8, 4) is 0 Å². The molecule has 2 nitrogen and oxygen atoms in total. The zero-order valence-corrected chi connectivity index (χ0v) is 8.85. The number of methoxy groups -OCH3 is 1. The fourth-order valence-electron chi connectivity index (χ4n) is 0.949. The SMILES string of the molecule is COCCOCCCC(C)(C)C. The molecule has 0 N–H and O–H groups in total. The van der Waals surface area contributed by atoms with E-state index in [2.05, 4.69) is 20.8 Å². The van der Waals surface area contributed by atoms with E-state index in [1.807, 2.05) is 0 Å². The molecule has 0 aromatic rings. The molecule has 0 aromatic carbocycles. The Balaban J connectivity index is 3.01. The normalized spacial score (nSPS) is 12.0. The second-order valence-corrected chi connectivity index (χ2v) is 4.27. The highest BCUT2D eigenvalue weighted by Gasteiger charge is 2.08. The monoisotopic (exact) mass is 174 g/mol. The molecule has 0 unspecified atom stereocenters. The molecule has 12 heavy (non-hydrogen) atoms. The van der Waals surface area contributed by atoms with Gasteiger partial charge in [0.05, 0.1) is 13.2 Å². The first-order valence-electron chi connectivity index (χ1n) is 4.63. The summed E-state index contributed by atoms with van der Waals surface area (Å²) in [6.07, 6.45) is 2.37. The quantitative estimate of drug-likeness (QED) is 0.576. The van der Waals surface area contributed by atoms with E-state index in [0.717, 1.165) is 19.6 Å². The largest absolute Gasteiger partial charge is 0.382 e. The molecule has 0 amide bonds. The van der Waals surface area contributed by atoms with Gasteiger partial charge in [-0.05, 0) is 18.3 Å². The van der Waals surface area contributed by atoms with E-state index >= 15 is 0 Å². The van der Waals surface area contributed by atoms with Gasteiger partial charge in [0.15, 0.2) is 0 Å². The molecule has 0 aliphatic rings. The minimum atomic E-state index is 0.435. The molecular weight excluding hydrogens is 152 g/mol. The van der Waals surface area contributed by atoms with Gasteiger partial charge in [-0.25, -0.2) is 0 Å². The average molecular weight is 174 g/mol. The van der Waals surface area contributed by atoms with Crippen LogP contribution in [0, 0.1) is 5.41 Å². The Morgan fingerprint density at radius 3 is 2.17 bits per heavy atom. The van der Waals surface area contributed by atoms with Crippen molar-refractivity contribution in [2.45, 2.75) is 33.6 Å². The highest BCUT2D eigenvalue weighted by atomic mass is 16.5. The van der Waals surface area contributed by atoms with Crippen LogP contribution in [0.25, 0.3) is 0 Å². The highest BCUT2D eigenvalue weighted by Crippen LogP contribution is 2.20. The van der Waals surface area contributed by atoms with E-state index in [4.69, 9.17) is 9.47 Å². The van der Waals surface area contributed by atoms with Crippen LogP contribution in [0.4, 0.5) is 0 Å². The molecule has 0 saturated heterocycles. The number of hydrogen-bond donors (Lipinski definition) is 0. The van der Waals surface area contributed by atoms with Crippen LogP contribution >= 0.6 is 0 Å². The Bertz CT molecular complexity index is 94.5. The first-order valence-corrected chi connectivity index (χ1v) is 4.63. The van der Waals surface area contributed by atoms with Gasteiger partial charge in [-0.3, -0.25) is 0 Å². The molecular formula is C10H22O2. The Kier molecular flexibility index (Phi) is 6.39. The topological polar surface area (TPSA) is 18.5 Å². The summed E-state index contributed by atoms with van der Waals surface area (Å²) >= 11 is 0. The second-order valence-electron chi connectivity index (χ2n) is 4.27. The summed E-state index contributed by atoms with van der Waals surface area (Å²) in [7, 11) is 1.69.